The Hall–Kier alpha value is -2.52. The maximum absolute atomic E-state index is 12.1. The number of carbonyl (C=O) groups excluding carboxylic acids is 1. The summed E-state index contributed by atoms with van der Waals surface area (Å²) >= 11 is 6.63. The molecule has 1 rings (SSSR count). The van der Waals surface area contributed by atoms with E-state index in [0.29, 0.717) is 0 Å². The van der Waals surface area contributed by atoms with Gasteiger partial charge in [-0.05, 0) is 67.2 Å². The van der Waals surface area contributed by atoms with Crippen molar-refractivity contribution in [2.45, 2.75) is 47.0 Å². The number of hydrogen-bond acceptors (Lipinski definition) is 2. The second kappa shape index (κ2) is 13.7. The Morgan fingerprint density at radius 2 is 1.93 bits per heavy atom. The minimum absolute atomic E-state index is 0.161. The lowest BCUT2D eigenvalue weighted by molar-refractivity contribution is -0.112. The minimum Gasteiger partial charge on any atom is -0.383 e. The standard InChI is InChI=1S/C26H35ClN2O/c1-7-10-13-20(4)24(25(27)12-8-2)19-21(9-3)22-14-11-15-23(18-22)28-26(30)16-17-29(5)6/h9,11-19H,7-8,10H2,1-6H3,(H,28,30)/b17-16+,20-13+,21-9+,24-19+,25-12+. The zero-order chi connectivity index (χ0) is 22.5. The molecule has 0 saturated carbocycles. The third-order valence-electron chi connectivity index (χ3n) is 4.40. The first-order valence-corrected chi connectivity index (χ1v) is 10.9. The lowest BCUT2D eigenvalue weighted by Crippen LogP contribution is -2.10. The lowest BCUT2D eigenvalue weighted by atomic mass is 9.97. The normalized spacial score (nSPS) is 13.7. The van der Waals surface area contributed by atoms with Crippen LogP contribution < -0.4 is 5.32 Å². The molecule has 0 spiro atoms. The van der Waals surface area contributed by atoms with E-state index in [4.69, 9.17) is 11.6 Å². The summed E-state index contributed by atoms with van der Waals surface area (Å²) < 4.78 is 0. The third kappa shape index (κ3) is 8.87. The number of amides is 1. The number of anilines is 1. The van der Waals surface area contributed by atoms with Gasteiger partial charge in [-0.2, -0.15) is 0 Å². The number of benzene rings is 1. The topological polar surface area (TPSA) is 32.3 Å². The van der Waals surface area contributed by atoms with Crippen molar-refractivity contribution >= 4 is 28.8 Å². The molecule has 1 aromatic carbocycles. The van der Waals surface area contributed by atoms with E-state index in [-0.39, 0.29) is 5.91 Å². The second-order valence-electron chi connectivity index (χ2n) is 7.29. The van der Waals surface area contributed by atoms with Gasteiger partial charge in [0.15, 0.2) is 0 Å². The van der Waals surface area contributed by atoms with Crippen LogP contribution in [0.5, 0.6) is 0 Å². The molecule has 30 heavy (non-hydrogen) atoms. The Morgan fingerprint density at radius 3 is 2.53 bits per heavy atom. The highest BCUT2D eigenvalue weighted by atomic mass is 35.5. The van der Waals surface area contributed by atoms with Crippen LogP contribution >= 0.6 is 11.6 Å². The van der Waals surface area contributed by atoms with Crippen LogP contribution in [-0.2, 0) is 4.79 Å². The molecule has 0 unspecified atom stereocenters. The summed E-state index contributed by atoms with van der Waals surface area (Å²) in [4.78, 5) is 13.9. The van der Waals surface area contributed by atoms with Gasteiger partial charge in [0.25, 0.3) is 0 Å². The number of nitrogens with zero attached hydrogens (tertiary/aromatic N) is 1. The van der Waals surface area contributed by atoms with Crippen LogP contribution in [-0.4, -0.2) is 24.9 Å². The molecule has 0 aliphatic rings. The van der Waals surface area contributed by atoms with Gasteiger partial charge in [-0.1, -0.05) is 62.2 Å². The van der Waals surface area contributed by atoms with Crippen LogP contribution in [0.15, 0.2) is 77.0 Å². The van der Waals surface area contributed by atoms with Crippen molar-refractivity contribution in [3.63, 3.8) is 0 Å². The van der Waals surface area contributed by atoms with E-state index >= 15 is 0 Å². The molecular weight excluding hydrogens is 392 g/mol. The first kappa shape index (κ1) is 25.5. The quantitative estimate of drug-likeness (QED) is 0.314. The van der Waals surface area contributed by atoms with Crippen LogP contribution in [0.3, 0.4) is 0 Å². The molecular formula is C26H35ClN2O. The highest BCUT2D eigenvalue weighted by molar-refractivity contribution is 6.32. The summed E-state index contributed by atoms with van der Waals surface area (Å²) in [6.45, 7) is 8.37. The molecule has 0 aliphatic carbocycles. The van der Waals surface area contributed by atoms with Crippen LogP contribution in [0.25, 0.3) is 5.57 Å². The lowest BCUT2D eigenvalue weighted by Gasteiger charge is -2.12. The van der Waals surface area contributed by atoms with E-state index in [1.54, 1.807) is 6.20 Å². The second-order valence-corrected chi connectivity index (χ2v) is 7.69. The number of carbonyl (C=O) groups is 1. The Balaban J connectivity index is 3.26. The highest BCUT2D eigenvalue weighted by Gasteiger charge is 2.08. The van der Waals surface area contributed by atoms with Gasteiger partial charge in [0.1, 0.15) is 0 Å². The Kier molecular flexibility index (Phi) is 11.6. The molecule has 3 nitrogen and oxygen atoms in total. The fraction of sp³-hybridized carbons (Fsp3) is 0.346. The molecule has 162 valence electrons. The molecule has 1 N–H and O–H groups in total. The Bertz CT molecular complexity index is 858. The van der Waals surface area contributed by atoms with E-state index < -0.39 is 0 Å². The summed E-state index contributed by atoms with van der Waals surface area (Å²) in [7, 11) is 3.75. The average molecular weight is 427 g/mol. The van der Waals surface area contributed by atoms with E-state index in [9.17, 15) is 4.79 Å². The van der Waals surface area contributed by atoms with Gasteiger partial charge >= 0.3 is 0 Å². The van der Waals surface area contributed by atoms with Crippen LogP contribution in [0.1, 0.15) is 52.5 Å². The van der Waals surface area contributed by atoms with E-state index in [1.807, 2.05) is 56.3 Å². The minimum atomic E-state index is -0.161. The first-order valence-electron chi connectivity index (χ1n) is 10.5. The van der Waals surface area contributed by atoms with Crippen molar-refractivity contribution in [3.8, 4) is 0 Å². The van der Waals surface area contributed by atoms with Gasteiger partial charge < -0.3 is 10.2 Å². The maximum atomic E-state index is 12.1. The monoisotopic (exact) mass is 426 g/mol. The third-order valence-corrected chi connectivity index (χ3v) is 4.76. The predicted octanol–water partition coefficient (Wildman–Crippen LogP) is 7.31. The fourth-order valence-electron chi connectivity index (χ4n) is 2.80. The summed E-state index contributed by atoms with van der Waals surface area (Å²) in [5.74, 6) is -0.161. The molecule has 0 heterocycles. The van der Waals surface area contributed by atoms with Crippen molar-refractivity contribution < 1.29 is 4.79 Å². The number of nitrogens with one attached hydrogen (secondary N) is 1. The average Bonchev–Trinajstić information content (AvgIpc) is 2.71. The summed E-state index contributed by atoms with van der Waals surface area (Å²) in [6, 6.07) is 7.85. The zero-order valence-corrected chi connectivity index (χ0v) is 19.9. The molecule has 1 aromatic rings. The molecule has 4 heteroatoms. The van der Waals surface area contributed by atoms with Crippen LogP contribution in [0.2, 0.25) is 0 Å². The van der Waals surface area contributed by atoms with Crippen molar-refractivity contribution in [1.82, 2.24) is 4.90 Å². The van der Waals surface area contributed by atoms with Crippen molar-refractivity contribution in [2.75, 3.05) is 19.4 Å². The van der Waals surface area contributed by atoms with Gasteiger partial charge in [-0.3, -0.25) is 4.79 Å². The molecule has 0 bridgehead atoms. The van der Waals surface area contributed by atoms with Crippen LogP contribution in [0, 0.1) is 0 Å². The van der Waals surface area contributed by atoms with E-state index in [0.717, 1.165) is 46.7 Å². The van der Waals surface area contributed by atoms with E-state index in [2.05, 4.69) is 44.3 Å². The predicted molar refractivity (Wildman–Crippen MR) is 133 cm³/mol. The summed E-state index contributed by atoms with van der Waals surface area (Å²) in [6.07, 6.45) is 14.7. The highest BCUT2D eigenvalue weighted by Crippen LogP contribution is 2.29. The summed E-state index contributed by atoms with van der Waals surface area (Å²) in [5.41, 5.74) is 5.03. The zero-order valence-electron chi connectivity index (χ0n) is 19.1. The molecule has 0 aromatic heterocycles. The SMILES string of the molecule is C\C=C(/C=C(C(\C)=C\CCC)/C(Cl)=C\CC)c1cccc(NC(=O)/C=C/N(C)C)c1. The number of halogens is 1. The van der Waals surface area contributed by atoms with Gasteiger partial charge in [0.2, 0.25) is 5.91 Å². The van der Waals surface area contributed by atoms with E-state index in [1.165, 1.54) is 11.6 Å². The fourth-order valence-corrected chi connectivity index (χ4v) is 3.16. The van der Waals surface area contributed by atoms with Gasteiger partial charge in [-0.15, -0.1) is 0 Å². The van der Waals surface area contributed by atoms with Crippen molar-refractivity contribution in [1.29, 1.82) is 0 Å². The Labute approximate surface area is 187 Å². The Morgan fingerprint density at radius 1 is 1.20 bits per heavy atom. The molecule has 0 saturated heterocycles. The number of hydrogen-bond donors (Lipinski definition) is 1. The number of rotatable bonds is 10. The molecule has 0 fully saturated rings. The van der Waals surface area contributed by atoms with Gasteiger partial charge in [-0.25, -0.2) is 0 Å². The largest absolute Gasteiger partial charge is 0.383 e. The molecule has 1 amide bonds. The van der Waals surface area contributed by atoms with Crippen LogP contribution in [0.4, 0.5) is 5.69 Å². The number of allylic oxidation sites excluding steroid dienone is 8. The van der Waals surface area contributed by atoms with Crippen molar-refractivity contribution in [3.05, 3.63) is 82.6 Å². The first-order chi connectivity index (χ1) is 14.3. The maximum Gasteiger partial charge on any atom is 0.249 e. The van der Waals surface area contributed by atoms with Crippen molar-refractivity contribution in [2.24, 2.45) is 0 Å². The summed E-state index contributed by atoms with van der Waals surface area (Å²) in [5, 5.41) is 3.68. The van der Waals surface area contributed by atoms with Gasteiger partial charge in [0, 0.05) is 37.1 Å². The molecule has 0 aliphatic heterocycles. The smallest absolute Gasteiger partial charge is 0.249 e. The van der Waals surface area contributed by atoms with Gasteiger partial charge in [0.05, 0.1) is 0 Å². The molecule has 0 radical (unpaired) electrons. The number of unbranched alkanes of at least 4 members (excludes halogenated alkanes) is 1. The molecule has 0 atom stereocenters.